The van der Waals surface area contributed by atoms with Gasteiger partial charge in [0, 0.05) is 35.0 Å². The fourth-order valence-electron chi connectivity index (χ4n) is 2.65. The molecule has 2 atom stereocenters. The molecule has 1 aliphatic rings. The fourth-order valence-corrected chi connectivity index (χ4v) is 2.90. The minimum Gasteiger partial charge on any atom is -0.434 e. The number of ether oxygens (including phenoxy) is 2. The van der Waals surface area contributed by atoms with Crippen molar-refractivity contribution in [1.82, 2.24) is 0 Å². The van der Waals surface area contributed by atoms with Crippen molar-refractivity contribution < 1.29 is 19.1 Å². The van der Waals surface area contributed by atoms with Gasteiger partial charge >= 0.3 is 11.9 Å². The highest BCUT2D eigenvalue weighted by Crippen LogP contribution is 2.23. The van der Waals surface area contributed by atoms with Crippen molar-refractivity contribution in [3.8, 4) is 0 Å². The molecule has 0 unspecified atom stereocenters. The summed E-state index contributed by atoms with van der Waals surface area (Å²) in [6, 6.07) is 14.0. The molecule has 144 valence electrons. The molecule has 0 radical (unpaired) electrons. The minimum atomic E-state index is -1.09. The summed E-state index contributed by atoms with van der Waals surface area (Å²) in [5.41, 5.74) is 2.40. The molecule has 0 saturated carbocycles. The number of carbonyl (C=O) groups excluding carboxylic acids is 2. The van der Waals surface area contributed by atoms with Gasteiger partial charge in [-0.05, 0) is 24.3 Å². The molecule has 2 aromatic rings. The van der Waals surface area contributed by atoms with Crippen LogP contribution in [0.3, 0.4) is 0 Å². The van der Waals surface area contributed by atoms with Gasteiger partial charge in [-0.15, -0.1) is 0 Å². The Kier molecular flexibility index (Phi) is 6.11. The summed E-state index contributed by atoms with van der Waals surface area (Å²) in [5.74, 6) is -1.13. The lowest BCUT2D eigenvalue weighted by Gasteiger charge is -2.27. The number of aliphatic imine (C=N–C) groups is 2. The maximum Gasteiger partial charge on any atom is 0.304 e. The van der Waals surface area contributed by atoms with E-state index in [1.165, 1.54) is 13.8 Å². The van der Waals surface area contributed by atoms with Gasteiger partial charge in [-0.1, -0.05) is 47.5 Å². The van der Waals surface area contributed by atoms with E-state index in [0.29, 0.717) is 21.5 Å². The lowest BCUT2D eigenvalue weighted by molar-refractivity contribution is -0.164. The van der Waals surface area contributed by atoms with Crippen molar-refractivity contribution in [2.24, 2.45) is 9.98 Å². The maximum absolute atomic E-state index is 11.5. The summed E-state index contributed by atoms with van der Waals surface area (Å²) < 4.78 is 10.5. The smallest absolute Gasteiger partial charge is 0.304 e. The van der Waals surface area contributed by atoms with Crippen LogP contribution in [0.2, 0.25) is 10.0 Å². The number of carbonyl (C=O) groups is 2. The van der Waals surface area contributed by atoms with Crippen molar-refractivity contribution in [3.05, 3.63) is 69.7 Å². The molecular weight excluding hydrogens is 403 g/mol. The predicted octanol–water partition coefficient (Wildman–Crippen LogP) is 4.06. The molecule has 0 fully saturated rings. The minimum absolute atomic E-state index is 0.480. The highest BCUT2D eigenvalue weighted by Gasteiger charge is 2.33. The quantitative estimate of drug-likeness (QED) is 0.701. The molecule has 0 N–H and O–H groups in total. The Labute approximate surface area is 171 Å². The molecule has 0 aliphatic carbocycles. The van der Waals surface area contributed by atoms with Crippen LogP contribution in [-0.4, -0.2) is 35.8 Å². The van der Waals surface area contributed by atoms with Crippen LogP contribution in [0.5, 0.6) is 0 Å². The number of nitrogens with zero attached hydrogens (tertiary/aromatic N) is 2. The lowest BCUT2D eigenvalue weighted by Crippen LogP contribution is -2.39. The average molecular weight is 419 g/mol. The van der Waals surface area contributed by atoms with Gasteiger partial charge in [0.1, 0.15) is 0 Å². The van der Waals surface area contributed by atoms with E-state index >= 15 is 0 Å². The van der Waals surface area contributed by atoms with Crippen molar-refractivity contribution in [1.29, 1.82) is 0 Å². The molecule has 0 saturated heterocycles. The Hall–Kier alpha value is -2.70. The normalized spacial score (nSPS) is 18.7. The third-order valence-corrected chi connectivity index (χ3v) is 4.29. The van der Waals surface area contributed by atoms with E-state index in [9.17, 15) is 9.59 Å². The largest absolute Gasteiger partial charge is 0.434 e. The Morgan fingerprint density at radius 3 is 1.32 bits per heavy atom. The van der Waals surface area contributed by atoms with Crippen LogP contribution in [0.4, 0.5) is 0 Å². The van der Waals surface area contributed by atoms with Crippen LogP contribution in [0.1, 0.15) is 25.0 Å². The molecule has 0 aromatic heterocycles. The average Bonchev–Trinajstić information content (AvgIpc) is 2.63. The molecular formula is C20H16Cl2N2O4. The summed E-state index contributed by atoms with van der Waals surface area (Å²) in [6.45, 7) is 2.50. The van der Waals surface area contributed by atoms with Gasteiger partial charge in [0.15, 0.2) is 0 Å². The zero-order valence-corrected chi connectivity index (χ0v) is 16.6. The molecule has 3 rings (SSSR count). The lowest BCUT2D eigenvalue weighted by atomic mass is 9.98. The second-order valence-corrected chi connectivity index (χ2v) is 6.84. The highest BCUT2D eigenvalue weighted by atomic mass is 35.5. The molecule has 1 aliphatic heterocycles. The molecule has 1 heterocycles. The predicted molar refractivity (Wildman–Crippen MR) is 107 cm³/mol. The number of benzene rings is 2. The van der Waals surface area contributed by atoms with Gasteiger partial charge in [-0.25, -0.2) is 9.98 Å². The molecule has 0 spiro atoms. The first kappa shape index (κ1) is 20.0. The van der Waals surface area contributed by atoms with E-state index in [1.54, 1.807) is 48.5 Å². The molecule has 0 bridgehead atoms. The van der Waals surface area contributed by atoms with Crippen LogP contribution < -0.4 is 0 Å². The number of rotatable bonds is 4. The van der Waals surface area contributed by atoms with E-state index in [4.69, 9.17) is 32.7 Å². The number of halogens is 2. The third kappa shape index (κ3) is 4.77. The van der Waals surface area contributed by atoms with Crippen LogP contribution in [-0.2, 0) is 19.1 Å². The van der Waals surface area contributed by atoms with E-state index in [-0.39, 0.29) is 0 Å². The first-order valence-electron chi connectivity index (χ1n) is 8.36. The Balaban J connectivity index is 2.12. The van der Waals surface area contributed by atoms with E-state index in [2.05, 4.69) is 9.98 Å². The first-order chi connectivity index (χ1) is 13.3. The summed E-state index contributed by atoms with van der Waals surface area (Å²) >= 11 is 12.0. The van der Waals surface area contributed by atoms with Gasteiger partial charge in [0.25, 0.3) is 12.5 Å². The first-order valence-corrected chi connectivity index (χ1v) is 9.11. The van der Waals surface area contributed by atoms with Crippen molar-refractivity contribution in [2.75, 3.05) is 0 Å². The number of hydrogen-bond acceptors (Lipinski definition) is 6. The Morgan fingerprint density at radius 2 is 1.04 bits per heavy atom. The maximum atomic E-state index is 11.5. The van der Waals surface area contributed by atoms with Crippen LogP contribution in [0.15, 0.2) is 58.5 Å². The Morgan fingerprint density at radius 1 is 0.714 bits per heavy atom. The summed E-state index contributed by atoms with van der Waals surface area (Å²) in [6.07, 6.45) is -2.19. The summed E-state index contributed by atoms with van der Waals surface area (Å²) in [4.78, 5) is 32.1. The van der Waals surface area contributed by atoms with Crippen LogP contribution >= 0.6 is 23.2 Å². The fraction of sp³-hybridized carbons (Fsp3) is 0.200. The zero-order valence-electron chi connectivity index (χ0n) is 15.1. The number of hydrogen-bond donors (Lipinski definition) is 0. The molecule has 6 nitrogen and oxygen atoms in total. The Bertz CT molecular complexity index is 874. The van der Waals surface area contributed by atoms with Crippen molar-refractivity contribution >= 4 is 46.6 Å². The van der Waals surface area contributed by atoms with E-state index < -0.39 is 24.4 Å². The van der Waals surface area contributed by atoms with Crippen molar-refractivity contribution in [2.45, 2.75) is 26.3 Å². The van der Waals surface area contributed by atoms with Gasteiger partial charge in [-0.2, -0.15) is 0 Å². The summed E-state index contributed by atoms with van der Waals surface area (Å²) in [7, 11) is 0. The zero-order chi connectivity index (χ0) is 20.3. The van der Waals surface area contributed by atoms with Crippen LogP contribution in [0, 0.1) is 0 Å². The number of esters is 2. The van der Waals surface area contributed by atoms with Crippen molar-refractivity contribution in [3.63, 3.8) is 0 Å². The SMILES string of the molecule is CC(=O)O[C@@H]1N=C(c2ccc(Cl)cc2)C(c2ccc(Cl)cc2)=N[C@H]1OC(C)=O. The second-order valence-electron chi connectivity index (χ2n) is 5.97. The molecule has 0 amide bonds. The van der Waals surface area contributed by atoms with Crippen LogP contribution in [0.25, 0.3) is 0 Å². The molecule has 28 heavy (non-hydrogen) atoms. The highest BCUT2D eigenvalue weighted by molar-refractivity contribution is 6.54. The monoisotopic (exact) mass is 418 g/mol. The standard InChI is InChI=1S/C20H16Cl2N2O4/c1-11(25)27-19-20(28-12(2)26)24-18(14-5-9-16(22)10-6-14)17(23-19)13-3-7-15(21)8-4-13/h3-10,19-20H,1-2H3/t19-,20-/m0/s1. The third-order valence-electron chi connectivity index (χ3n) is 3.79. The molecule has 2 aromatic carbocycles. The van der Waals surface area contributed by atoms with Gasteiger partial charge in [-0.3, -0.25) is 9.59 Å². The van der Waals surface area contributed by atoms with Gasteiger partial charge in [0.05, 0.1) is 11.4 Å². The van der Waals surface area contributed by atoms with E-state index in [1.807, 2.05) is 0 Å². The topological polar surface area (TPSA) is 77.3 Å². The summed E-state index contributed by atoms with van der Waals surface area (Å²) in [5, 5.41) is 1.14. The van der Waals surface area contributed by atoms with Gasteiger partial charge < -0.3 is 9.47 Å². The van der Waals surface area contributed by atoms with Gasteiger partial charge in [0.2, 0.25) is 0 Å². The second kappa shape index (κ2) is 8.54. The van der Waals surface area contributed by atoms with E-state index in [0.717, 1.165) is 11.1 Å². The molecule has 8 heteroatoms.